The number of ether oxygens (including phenoxy) is 6. The molecule has 0 saturated carbocycles. The molecule has 1 fully saturated rings. The number of benzene rings is 2. The number of fused-ring (bicyclic) bond motifs is 1. The maximum atomic E-state index is 12.4. The van der Waals surface area contributed by atoms with Gasteiger partial charge < -0.3 is 32.8 Å². The zero-order chi connectivity index (χ0) is 29.7. The summed E-state index contributed by atoms with van der Waals surface area (Å²) < 4.78 is 38.7. The highest BCUT2D eigenvalue weighted by molar-refractivity contribution is 5.93. The minimum absolute atomic E-state index is 0.145. The van der Waals surface area contributed by atoms with Crippen LogP contribution in [0.4, 0.5) is 0 Å². The summed E-state index contributed by atoms with van der Waals surface area (Å²) in [6.07, 6.45) is -6.72. The Labute approximate surface area is 234 Å². The first-order chi connectivity index (χ1) is 19.5. The smallest absolute Gasteiger partial charge is 0.336 e. The molecule has 12 heteroatoms. The molecule has 0 bridgehead atoms. The Morgan fingerprint density at radius 3 is 2.02 bits per heavy atom. The van der Waals surface area contributed by atoms with Gasteiger partial charge in [0.15, 0.2) is 12.2 Å². The molecule has 2 heterocycles. The fraction of sp³-hybridized carbons (Fsp3) is 0.345. The predicted octanol–water partition coefficient (Wildman–Crippen LogP) is 2.92. The van der Waals surface area contributed by atoms with Crippen molar-refractivity contribution in [2.75, 3.05) is 6.61 Å². The maximum absolute atomic E-state index is 12.4. The van der Waals surface area contributed by atoms with Gasteiger partial charge in [-0.25, -0.2) is 4.79 Å². The average Bonchev–Trinajstić information content (AvgIpc) is 2.90. The molecule has 5 atom stereocenters. The third-order valence-corrected chi connectivity index (χ3v) is 6.00. The first-order valence-electron chi connectivity index (χ1n) is 12.6. The average molecular weight is 569 g/mol. The van der Waals surface area contributed by atoms with E-state index in [1.165, 1.54) is 19.1 Å². The van der Waals surface area contributed by atoms with Crippen molar-refractivity contribution >= 4 is 34.8 Å². The Morgan fingerprint density at radius 1 is 0.756 bits per heavy atom. The molecule has 4 rings (SSSR count). The molecule has 216 valence electrons. The lowest BCUT2D eigenvalue weighted by atomic mass is 9.98. The Kier molecular flexibility index (Phi) is 9.03. The van der Waals surface area contributed by atoms with Crippen LogP contribution in [-0.2, 0) is 42.9 Å². The molecule has 0 spiro atoms. The number of hydrogen-bond acceptors (Lipinski definition) is 12. The molecule has 41 heavy (non-hydrogen) atoms. The number of rotatable bonds is 8. The van der Waals surface area contributed by atoms with E-state index in [0.29, 0.717) is 10.9 Å². The summed E-state index contributed by atoms with van der Waals surface area (Å²) in [4.78, 5) is 59.9. The Bertz CT molecular complexity index is 1490. The van der Waals surface area contributed by atoms with E-state index in [1.54, 1.807) is 12.1 Å². The molecule has 0 unspecified atom stereocenters. The van der Waals surface area contributed by atoms with Crippen molar-refractivity contribution in [3.8, 4) is 16.9 Å². The van der Waals surface area contributed by atoms with Crippen LogP contribution < -0.4 is 10.4 Å². The molecule has 2 aromatic carbocycles. The van der Waals surface area contributed by atoms with Gasteiger partial charge in [0.25, 0.3) is 0 Å². The molecule has 0 amide bonds. The summed E-state index contributed by atoms with van der Waals surface area (Å²) in [5.41, 5.74) is 1.08. The van der Waals surface area contributed by atoms with Crippen molar-refractivity contribution in [2.45, 2.75) is 58.4 Å². The van der Waals surface area contributed by atoms with E-state index in [0.717, 1.165) is 26.3 Å². The maximum Gasteiger partial charge on any atom is 0.336 e. The second-order valence-corrected chi connectivity index (χ2v) is 9.19. The normalized spacial score (nSPS) is 21.9. The van der Waals surface area contributed by atoms with Crippen LogP contribution in [0.15, 0.2) is 63.8 Å². The van der Waals surface area contributed by atoms with E-state index in [9.17, 15) is 24.0 Å². The lowest BCUT2D eigenvalue weighted by Crippen LogP contribution is -2.63. The molecule has 1 aromatic heterocycles. The summed E-state index contributed by atoms with van der Waals surface area (Å²) in [5, 5.41) is 0.629. The molecule has 1 saturated heterocycles. The Hall–Kier alpha value is -4.71. The SMILES string of the molecule is CC(=O)OC[C@@H]1O[C@H](Oc2ccc3c(-c4ccccc4)cc(=O)oc3c2)[C@@H](OC(C)=O)[C@H](OC(C)=O)[C@H]1OC(C)=O. The zero-order valence-corrected chi connectivity index (χ0v) is 22.7. The second kappa shape index (κ2) is 12.6. The van der Waals surface area contributed by atoms with E-state index >= 15 is 0 Å². The minimum Gasteiger partial charge on any atom is -0.463 e. The van der Waals surface area contributed by atoms with Crippen molar-refractivity contribution in [1.29, 1.82) is 0 Å². The van der Waals surface area contributed by atoms with Crippen LogP contribution in [0.5, 0.6) is 5.75 Å². The van der Waals surface area contributed by atoms with Gasteiger partial charge in [-0.1, -0.05) is 30.3 Å². The van der Waals surface area contributed by atoms with Gasteiger partial charge in [0, 0.05) is 45.2 Å². The fourth-order valence-electron chi connectivity index (χ4n) is 4.49. The highest BCUT2D eigenvalue weighted by Crippen LogP contribution is 2.33. The Morgan fingerprint density at radius 2 is 1.39 bits per heavy atom. The van der Waals surface area contributed by atoms with Crippen molar-refractivity contribution in [1.82, 2.24) is 0 Å². The summed E-state index contributed by atoms with van der Waals surface area (Å²) in [6.45, 7) is 4.16. The van der Waals surface area contributed by atoms with Crippen LogP contribution in [0.2, 0.25) is 0 Å². The van der Waals surface area contributed by atoms with E-state index in [-0.39, 0.29) is 11.3 Å². The van der Waals surface area contributed by atoms with Gasteiger partial charge >= 0.3 is 29.5 Å². The topological polar surface area (TPSA) is 154 Å². The Balaban J connectivity index is 1.74. The van der Waals surface area contributed by atoms with Crippen molar-refractivity contribution < 1.29 is 52.0 Å². The van der Waals surface area contributed by atoms with Crippen LogP contribution in [0.1, 0.15) is 27.7 Å². The zero-order valence-electron chi connectivity index (χ0n) is 22.7. The van der Waals surface area contributed by atoms with Crippen LogP contribution in [-0.4, -0.2) is 61.2 Å². The summed E-state index contributed by atoms with van der Waals surface area (Å²) in [7, 11) is 0. The highest BCUT2D eigenvalue weighted by Gasteiger charge is 2.53. The first-order valence-corrected chi connectivity index (χ1v) is 12.6. The highest BCUT2D eigenvalue weighted by atomic mass is 16.7. The molecule has 3 aromatic rings. The number of esters is 4. The first kappa shape index (κ1) is 29.3. The molecule has 1 aliphatic rings. The van der Waals surface area contributed by atoms with E-state index < -0.39 is 66.8 Å². The molecule has 0 radical (unpaired) electrons. The van der Waals surface area contributed by atoms with Crippen LogP contribution >= 0.6 is 0 Å². The van der Waals surface area contributed by atoms with Gasteiger partial charge in [-0.15, -0.1) is 0 Å². The standard InChI is InChI=1S/C29H28O12/c1-15(30)35-14-24-26(36-16(2)31)27(37-17(3)32)28(38-18(4)33)29(41-24)39-20-10-11-21-22(19-8-6-5-7-9-19)13-25(34)40-23(21)12-20/h5-13,24,26-29H,14H2,1-4H3/t24-,26-,27+,28-,29-/m0/s1. The van der Waals surface area contributed by atoms with E-state index in [4.69, 9.17) is 32.8 Å². The van der Waals surface area contributed by atoms with Crippen molar-refractivity contribution in [2.24, 2.45) is 0 Å². The van der Waals surface area contributed by atoms with Gasteiger partial charge in [0.05, 0.1) is 0 Å². The van der Waals surface area contributed by atoms with E-state index in [2.05, 4.69) is 0 Å². The molecule has 0 aliphatic carbocycles. The number of carbonyl (C=O) groups is 4. The van der Waals surface area contributed by atoms with Crippen LogP contribution in [0.25, 0.3) is 22.1 Å². The largest absolute Gasteiger partial charge is 0.463 e. The second-order valence-electron chi connectivity index (χ2n) is 9.19. The molecule has 12 nitrogen and oxygen atoms in total. The minimum atomic E-state index is -1.43. The van der Waals surface area contributed by atoms with Gasteiger partial charge in [-0.3, -0.25) is 19.2 Å². The molecule has 0 N–H and O–H groups in total. The number of hydrogen-bond donors (Lipinski definition) is 0. The van der Waals surface area contributed by atoms with Gasteiger partial charge in [-0.2, -0.15) is 0 Å². The summed E-state index contributed by atoms with van der Waals surface area (Å²) in [6, 6.07) is 15.4. The van der Waals surface area contributed by atoms with Crippen molar-refractivity contribution in [3.63, 3.8) is 0 Å². The predicted molar refractivity (Wildman–Crippen MR) is 141 cm³/mol. The lowest BCUT2D eigenvalue weighted by molar-refractivity contribution is -0.288. The van der Waals surface area contributed by atoms with Crippen molar-refractivity contribution in [3.05, 3.63) is 65.0 Å². The van der Waals surface area contributed by atoms with Gasteiger partial charge in [0.2, 0.25) is 12.4 Å². The summed E-state index contributed by atoms with van der Waals surface area (Å²) >= 11 is 0. The lowest BCUT2D eigenvalue weighted by Gasteiger charge is -2.43. The van der Waals surface area contributed by atoms with Gasteiger partial charge in [0.1, 0.15) is 24.0 Å². The quantitative estimate of drug-likeness (QED) is 0.223. The van der Waals surface area contributed by atoms with Gasteiger partial charge in [-0.05, 0) is 23.3 Å². The monoisotopic (exact) mass is 568 g/mol. The van der Waals surface area contributed by atoms with Crippen LogP contribution in [0, 0.1) is 0 Å². The molecule has 1 aliphatic heterocycles. The summed E-state index contributed by atoms with van der Waals surface area (Å²) in [5.74, 6) is -2.77. The van der Waals surface area contributed by atoms with Crippen LogP contribution in [0.3, 0.4) is 0 Å². The third kappa shape index (κ3) is 7.28. The fourth-order valence-corrected chi connectivity index (χ4v) is 4.49. The van der Waals surface area contributed by atoms with E-state index in [1.807, 2.05) is 30.3 Å². The third-order valence-electron chi connectivity index (χ3n) is 6.00. The number of carbonyl (C=O) groups excluding carboxylic acids is 4. The molecular weight excluding hydrogens is 540 g/mol. The molecular formula is C29H28O12.